The van der Waals surface area contributed by atoms with E-state index >= 15 is 0 Å². The van der Waals surface area contributed by atoms with Crippen LogP contribution in [0.5, 0.6) is 5.75 Å². The molecule has 170 valence electrons. The number of halogens is 3. The first-order valence-corrected chi connectivity index (χ1v) is 11.5. The number of aromatic nitrogens is 1. The van der Waals surface area contributed by atoms with Crippen LogP contribution in [0.25, 0.3) is 0 Å². The van der Waals surface area contributed by atoms with Crippen molar-refractivity contribution in [3.63, 3.8) is 0 Å². The number of rotatable bonds is 8. The normalized spacial score (nSPS) is 11.9. The molecule has 0 bridgehead atoms. The molecule has 0 atom stereocenters. The Bertz CT molecular complexity index is 1210. The molecular formula is C20H18F3N3O4S2. The number of para-hydroxylation sites is 1. The molecule has 0 fully saturated rings. The Morgan fingerprint density at radius 1 is 1.12 bits per heavy atom. The van der Waals surface area contributed by atoms with Crippen LogP contribution < -0.4 is 14.8 Å². The maximum Gasteiger partial charge on any atom is 0.416 e. The summed E-state index contributed by atoms with van der Waals surface area (Å²) in [5.41, 5.74) is -0.200. The summed E-state index contributed by atoms with van der Waals surface area (Å²) in [4.78, 5) is 15.9. The molecule has 1 amide bonds. The molecule has 3 rings (SSSR count). The minimum absolute atomic E-state index is 0.0955. The number of amides is 1. The van der Waals surface area contributed by atoms with Crippen molar-refractivity contribution in [2.45, 2.75) is 24.2 Å². The number of methoxy groups -OCH3 is 1. The van der Waals surface area contributed by atoms with E-state index in [0.29, 0.717) is 11.8 Å². The smallest absolute Gasteiger partial charge is 0.416 e. The van der Waals surface area contributed by atoms with Gasteiger partial charge in [-0.3, -0.25) is 4.79 Å². The van der Waals surface area contributed by atoms with Gasteiger partial charge in [-0.05, 0) is 24.3 Å². The van der Waals surface area contributed by atoms with Gasteiger partial charge in [-0.2, -0.15) is 13.2 Å². The predicted molar refractivity (Wildman–Crippen MR) is 112 cm³/mol. The van der Waals surface area contributed by atoms with E-state index in [1.54, 1.807) is 18.2 Å². The number of ether oxygens (including phenoxy) is 1. The number of thiazole rings is 1. The molecule has 0 saturated carbocycles. The van der Waals surface area contributed by atoms with Gasteiger partial charge in [-0.15, -0.1) is 11.3 Å². The van der Waals surface area contributed by atoms with Crippen molar-refractivity contribution in [3.8, 4) is 5.75 Å². The van der Waals surface area contributed by atoms with Crippen LogP contribution in [0.3, 0.4) is 0 Å². The van der Waals surface area contributed by atoms with Gasteiger partial charge < -0.3 is 10.1 Å². The third-order valence-electron chi connectivity index (χ3n) is 4.30. The van der Waals surface area contributed by atoms with E-state index < -0.39 is 32.6 Å². The molecule has 1 aromatic heterocycles. The van der Waals surface area contributed by atoms with Crippen LogP contribution in [0, 0.1) is 0 Å². The molecule has 0 spiro atoms. The van der Waals surface area contributed by atoms with Gasteiger partial charge in [0.2, 0.25) is 10.0 Å². The van der Waals surface area contributed by atoms with Crippen LogP contribution in [0.1, 0.15) is 26.6 Å². The van der Waals surface area contributed by atoms with E-state index in [1.165, 1.54) is 12.5 Å². The number of nitrogens with one attached hydrogen (secondary N) is 2. The van der Waals surface area contributed by atoms with Crippen molar-refractivity contribution in [3.05, 3.63) is 75.7 Å². The lowest BCUT2D eigenvalue weighted by Gasteiger charge is -2.09. The fourth-order valence-electron chi connectivity index (χ4n) is 2.69. The first-order chi connectivity index (χ1) is 15.1. The highest BCUT2D eigenvalue weighted by molar-refractivity contribution is 7.89. The van der Waals surface area contributed by atoms with Gasteiger partial charge in [0.25, 0.3) is 5.91 Å². The van der Waals surface area contributed by atoms with E-state index in [4.69, 9.17) is 4.74 Å². The van der Waals surface area contributed by atoms with Crippen molar-refractivity contribution in [1.29, 1.82) is 0 Å². The molecule has 1 heterocycles. The largest absolute Gasteiger partial charge is 0.496 e. The second-order valence-electron chi connectivity index (χ2n) is 6.47. The molecular weight excluding hydrogens is 467 g/mol. The molecule has 0 saturated heterocycles. The van der Waals surface area contributed by atoms with Gasteiger partial charge >= 0.3 is 6.18 Å². The van der Waals surface area contributed by atoms with Gasteiger partial charge in [0.05, 0.1) is 24.1 Å². The number of carbonyl (C=O) groups is 1. The number of carbonyl (C=O) groups excluding carboxylic acids is 1. The Kier molecular flexibility index (Phi) is 7.16. The van der Waals surface area contributed by atoms with Gasteiger partial charge in [0, 0.05) is 17.5 Å². The lowest BCUT2D eigenvalue weighted by atomic mass is 10.2. The number of hydrogen-bond acceptors (Lipinski definition) is 6. The molecule has 7 nitrogen and oxygen atoms in total. The van der Waals surface area contributed by atoms with Gasteiger partial charge in [-0.1, -0.05) is 24.3 Å². The van der Waals surface area contributed by atoms with Crippen LogP contribution in [0.4, 0.5) is 13.2 Å². The minimum atomic E-state index is -4.66. The molecule has 0 radical (unpaired) electrons. The summed E-state index contributed by atoms with van der Waals surface area (Å²) < 4.78 is 70.6. The SMILES string of the molecule is COc1ccccc1CNC(=O)c1csc(CNS(=O)(=O)c2cccc(C(F)(F)F)c2)n1. The fraction of sp³-hybridized carbons (Fsp3) is 0.200. The average molecular weight is 486 g/mol. The molecule has 32 heavy (non-hydrogen) atoms. The lowest BCUT2D eigenvalue weighted by molar-refractivity contribution is -0.137. The zero-order valence-electron chi connectivity index (χ0n) is 16.6. The zero-order chi connectivity index (χ0) is 23.4. The van der Waals surface area contributed by atoms with Crippen LogP contribution in [0.2, 0.25) is 0 Å². The van der Waals surface area contributed by atoms with Crippen molar-refractivity contribution in [2.24, 2.45) is 0 Å². The highest BCUT2D eigenvalue weighted by atomic mass is 32.2. The number of sulfonamides is 1. The first kappa shape index (κ1) is 23.7. The molecule has 3 aromatic rings. The highest BCUT2D eigenvalue weighted by Crippen LogP contribution is 2.30. The van der Waals surface area contributed by atoms with E-state index in [1.807, 2.05) is 6.07 Å². The summed E-state index contributed by atoms with van der Waals surface area (Å²) in [6.07, 6.45) is -4.66. The van der Waals surface area contributed by atoms with Gasteiger partial charge in [-0.25, -0.2) is 18.1 Å². The number of alkyl halides is 3. The van der Waals surface area contributed by atoms with Crippen LogP contribution in [0.15, 0.2) is 58.8 Å². The monoisotopic (exact) mass is 485 g/mol. The highest BCUT2D eigenvalue weighted by Gasteiger charge is 2.31. The fourth-order valence-corrected chi connectivity index (χ4v) is 4.53. The second-order valence-corrected chi connectivity index (χ2v) is 9.18. The van der Waals surface area contributed by atoms with E-state index in [0.717, 1.165) is 35.1 Å². The Labute approximate surface area is 186 Å². The summed E-state index contributed by atoms with van der Waals surface area (Å²) in [6.45, 7) is -0.0685. The summed E-state index contributed by atoms with van der Waals surface area (Å²) >= 11 is 1.05. The molecule has 12 heteroatoms. The van der Waals surface area contributed by atoms with Crippen molar-refractivity contribution >= 4 is 27.3 Å². The van der Waals surface area contributed by atoms with E-state index in [-0.39, 0.29) is 23.8 Å². The van der Waals surface area contributed by atoms with Crippen molar-refractivity contribution in [1.82, 2.24) is 15.0 Å². The topological polar surface area (TPSA) is 97.4 Å². The number of benzene rings is 2. The Hall–Kier alpha value is -2.96. The Morgan fingerprint density at radius 3 is 2.59 bits per heavy atom. The second kappa shape index (κ2) is 9.67. The summed E-state index contributed by atoms with van der Waals surface area (Å²) in [7, 11) is -2.68. The molecule has 0 aliphatic rings. The predicted octanol–water partition coefficient (Wildman–Crippen LogP) is 3.58. The quantitative estimate of drug-likeness (QED) is 0.508. The third-order valence-corrected chi connectivity index (χ3v) is 6.55. The lowest BCUT2D eigenvalue weighted by Crippen LogP contribution is -2.25. The summed E-state index contributed by atoms with van der Waals surface area (Å²) in [5, 5.41) is 4.45. The molecule has 2 aromatic carbocycles. The van der Waals surface area contributed by atoms with Crippen LogP contribution in [-0.4, -0.2) is 26.4 Å². The minimum Gasteiger partial charge on any atom is -0.496 e. The number of nitrogens with zero attached hydrogens (tertiary/aromatic N) is 1. The average Bonchev–Trinajstić information content (AvgIpc) is 3.25. The maximum atomic E-state index is 12.8. The van der Waals surface area contributed by atoms with Crippen molar-refractivity contribution < 1.29 is 31.1 Å². The van der Waals surface area contributed by atoms with Crippen LogP contribution >= 0.6 is 11.3 Å². The van der Waals surface area contributed by atoms with Crippen molar-refractivity contribution in [2.75, 3.05) is 7.11 Å². The number of hydrogen-bond donors (Lipinski definition) is 2. The first-order valence-electron chi connectivity index (χ1n) is 9.11. The summed E-state index contributed by atoms with van der Waals surface area (Å²) in [5.74, 6) is 0.162. The maximum absolute atomic E-state index is 12.8. The molecule has 0 unspecified atom stereocenters. The van der Waals surface area contributed by atoms with Gasteiger partial charge in [0.1, 0.15) is 16.5 Å². The Morgan fingerprint density at radius 2 is 1.88 bits per heavy atom. The zero-order valence-corrected chi connectivity index (χ0v) is 18.3. The van der Waals surface area contributed by atoms with Gasteiger partial charge in [0.15, 0.2) is 0 Å². The van der Waals surface area contributed by atoms with E-state index in [9.17, 15) is 26.4 Å². The molecule has 0 aliphatic heterocycles. The molecule has 2 N–H and O–H groups in total. The standard InChI is InChI=1S/C20H18F3N3O4S2/c1-30-17-8-3-2-5-13(17)10-24-19(27)16-12-31-18(26-16)11-25-32(28,29)15-7-4-6-14(9-15)20(21,22)23/h2-9,12,25H,10-11H2,1H3,(H,24,27). The molecule has 0 aliphatic carbocycles. The van der Waals surface area contributed by atoms with E-state index in [2.05, 4.69) is 15.0 Å². The Balaban J connectivity index is 1.62. The third kappa shape index (κ3) is 5.84. The van der Waals surface area contributed by atoms with Crippen LogP contribution in [-0.2, 0) is 29.3 Å². The summed E-state index contributed by atoms with van der Waals surface area (Å²) in [6, 6.07) is 10.6.